The molecule has 2 atom stereocenters. The fourth-order valence-corrected chi connectivity index (χ4v) is 4.86. The van der Waals surface area contributed by atoms with E-state index in [2.05, 4.69) is 18.3 Å². The molecule has 0 saturated carbocycles. The summed E-state index contributed by atoms with van der Waals surface area (Å²) in [5, 5.41) is 9.57. The van der Waals surface area contributed by atoms with Crippen molar-refractivity contribution in [1.29, 1.82) is 0 Å². The predicted molar refractivity (Wildman–Crippen MR) is 113 cm³/mol. The fourth-order valence-electron chi connectivity index (χ4n) is 4.30. The summed E-state index contributed by atoms with van der Waals surface area (Å²) < 4.78 is 23.2. The van der Waals surface area contributed by atoms with Crippen LogP contribution in [0, 0.1) is 5.41 Å². The van der Waals surface area contributed by atoms with E-state index in [9.17, 15) is 13.2 Å². The molecule has 2 aliphatic rings. The summed E-state index contributed by atoms with van der Waals surface area (Å²) in [4.78, 5) is 23.8. The van der Waals surface area contributed by atoms with Crippen molar-refractivity contribution in [3.05, 3.63) is 41.5 Å². The topological polar surface area (TPSA) is 111 Å². The smallest absolute Gasteiger partial charge is 0.303 e. The van der Waals surface area contributed by atoms with E-state index < -0.39 is 15.9 Å². The van der Waals surface area contributed by atoms with Crippen LogP contribution in [0.5, 0.6) is 0 Å². The molecule has 1 amide bonds. The Morgan fingerprint density at radius 1 is 1.33 bits per heavy atom. The van der Waals surface area contributed by atoms with Gasteiger partial charge in [0.25, 0.3) is 0 Å². The summed E-state index contributed by atoms with van der Waals surface area (Å²) in [6.07, 6.45) is 8.90. The minimum absolute atomic E-state index is 0.112. The van der Waals surface area contributed by atoms with Gasteiger partial charge >= 0.3 is 5.91 Å². The summed E-state index contributed by atoms with van der Waals surface area (Å²) in [6.45, 7) is 3.42. The molecule has 0 bridgehead atoms. The highest BCUT2D eigenvalue weighted by atomic mass is 32.2. The first kappa shape index (κ1) is 22.9. The van der Waals surface area contributed by atoms with Gasteiger partial charge in [0.1, 0.15) is 0 Å². The highest BCUT2D eigenvalue weighted by Gasteiger charge is 2.40. The standard InChI is InChI=1S/C21H31N3O5S/c1-21(19-12-7-13-23-19,17-9-4-3-5-10-17)15-29-24(28-2)20(25)16-8-6-11-18(14-16)30(22,26)27/h6,8-9,11,14,19,23H,3-5,7,10,12-13,15H2,1-2H3,(H2,22,26,27). The maximum absolute atomic E-state index is 12.9. The second-order valence-electron chi connectivity index (χ2n) is 8.13. The van der Waals surface area contributed by atoms with Crippen LogP contribution in [0.15, 0.2) is 40.8 Å². The number of nitrogens with one attached hydrogen (secondary N) is 1. The molecule has 8 nitrogen and oxygen atoms in total. The Labute approximate surface area is 178 Å². The number of carbonyl (C=O) groups excluding carboxylic acids is 1. The Morgan fingerprint density at radius 3 is 2.73 bits per heavy atom. The maximum atomic E-state index is 12.9. The van der Waals surface area contributed by atoms with Crippen molar-refractivity contribution in [3.63, 3.8) is 0 Å². The van der Waals surface area contributed by atoms with E-state index >= 15 is 0 Å². The van der Waals surface area contributed by atoms with Gasteiger partial charge in [-0.3, -0.25) is 4.79 Å². The first-order chi connectivity index (χ1) is 14.3. The van der Waals surface area contributed by atoms with Crippen molar-refractivity contribution in [3.8, 4) is 0 Å². The highest BCUT2D eigenvalue weighted by molar-refractivity contribution is 7.89. The number of rotatable bonds is 8. The number of carbonyl (C=O) groups is 1. The number of amides is 1. The summed E-state index contributed by atoms with van der Waals surface area (Å²) in [5.74, 6) is -0.595. The number of nitrogens with zero attached hydrogens (tertiary/aromatic N) is 1. The van der Waals surface area contributed by atoms with Crippen LogP contribution in [-0.2, 0) is 19.7 Å². The normalized spacial score (nSPS) is 21.7. The molecule has 1 heterocycles. The van der Waals surface area contributed by atoms with Crippen LogP contribution in [0.3, 0.4) is 0 Å². The molecule has 1 aromatic carbocycles. The molecule has 1 saturated heterocycles. The van der Waals surface area contributed by atoms with Gasteiger partial charge in [-0.15, -0.1) is 0 Å². The highest BCUT2D eigenvalue weighted by Crippen LogP contribution is 2.40. The van der Waals surface area contributed by atoms with Gasteiger partial charge in [-0.1, -0.05) is 29.9 Å². The number of hydrogen-bond acceptors (Lipinski definition) is 6. The molecule has 0 radical (unpaired) electrons. The van der Waals surface area contributed by atoms with Crippen molar-refractivity contribution in [2.24, 2.45) is 10.6 Å². The van der Waals surface area contributed by atoms with Gasteiger partial charge in [0.15, 0.2) is 0 Å². The van der Waals surface area contributed by atoms with E-state index in [4.69, 9.17) is 14.8 Å². The molecular weight excluding hydrogens is 406 g/mol. The lowest BCUT2D eigenvalue weighted by atomic mass is 9.72. The van der Waals surface area contributed by atoms with Gasteiger partial charge in [0.2, 0.25) is 10.0 Å². The minimum atomic E-state index is -3.92. The monoisotopic (exact) mass is 437 g/mol. The Balaban J connectivity index is 1.78. The van der Waals surface area contributed by atoms with Crippen LogP contribution in [0.2, 0.25) is 0 Å². The largest absolute Gasteiger partial charge is 0.313 e. The fraction of sp³-hybridized carbons (Fsp3) is 0.571. The van der Waals surface area contributed by atoms with Crippen LogP contribution in [-0.4, -0.2) is 45.9 Å². The molecule has 1 aliphatic heterocycles. The molecule has 166 valence electrons. The zero-order chi connectivity index (χ0) is 21.8. The SMILES string of the molecule is CON(OCC(C)(C1=CCCCC1)C1CCCN1)C(=O)c1cccc(S(N)(=O)=O)c1. The summed E-state index contributed by atoms with van der Waals surface area (Å²) >= 11 is 0. The zero-order valence-electron chi connectivity index (χ0n) is 17.6. The minimum Gasteiger partial charge on any atom is -0.313 e. The molecular formula is C21H31N3O5S. The molecule has 1 aromatic rings. The van der Waals surface area contributed by atoms with Crippen molar-refractivity contribution in [2.45, 2.75) is 56.4 Å². The lowest BCUT2D eigenvalue weighted by molar-refractivity contribution is -0.323. The number of allylic oxidation sites excluding steroid dienone is 1. The first-order valence-corrected chi connectivity index (χ1v) is 11.9. The van der Waals surface area contributed by atoms with Crippen LogP contribution in [0.25, 0.3) is 0 Å². The van der Waals surface area contributed by atoms with E-state index in [0.717, 1.165) is 43.9 Å². The number of nitrogens with two attached hydrogens (primary N) is 1. The number of sulfonamides is 1. The van der Waals surface area contributed by atoms with Crippen LogP contribution in [0.1, 0.15) is 55.8 Å². The second kappa shape index (κ2) is 9.57. The Hall–Kier alpha value is -1.78. The van der Waals surface area contributed by atoms with E-state index in [1.807, 2.05) is 0 Å². The Kier molecular flexibility index (Phi) is 7.30. The van der Waals surface area contributed by atoms with Crippen molar-refractivity contribution < 1.29 is 22.9 Å². The van der Waals surface area contributed by atoms with E-state index in [0.29, 0.717) is 0 Å². The van der Waals surface area contributed by atoms with E-state index in [-0.39, 0.29) is 28.5 Å². The number of hydrogen-bond donors (Lipinski definition) is 2. The van der Waals surface area contributed by atoms with Gasteiger partial charge in [-0.2, -0.15) is 0 Å². The van der Waals surface area contributed by atoms with Crippen molar-refractivity contribution in [2.75, 3.05) is 20.3 Å². The lowest BCUT2D eigenvalue weighted by Crippen LogP contribution is -2.46. The molecule has 30 heavy (non-hydrogen) atoms. The van der Waals surface area contributed by atoms with Crippen LogP contribution < -0.4 is 10.5 Å². The van der Waals surface area contributed by atoms with Crippen LogP contribution >= 0.6 is 0 Å². The molecule has 9 heteroatoms. The third-order valence-electron chi connectivity index (χ3n) is 6.08. The third kappa shape index (κ3) is 5.09. The van der Waals surface area contributed by atoms with Crippen LogP contribution in [0.4, 0.5) is 0 Å². The summed E-state index contributed by atoms with van der Waals surface area (Å²) in [6, 6.07) is 5.77. The Bertz CT molecular complexity index is 896. The van der Waals surface area contributed by atoms with Gasteiger partial charge in [0.05, 0.1) is 18.6 Å². The molecule has 2 unspecified atom stereocenters. The van der Waals surface area contributed by atoms with Gasteiger partial charge in [-0.05, 0) is 63.3 Å². The molecule has 0 aromatic heterocycles. The predicted octanol–water partition coefficient (Wildman–Crippen LogP) is 2.53. The average Bonchev–Trinajstić information content (AvgIpc) is 3.29. The van der Waals surface area contributed by atoms with E-state index in [1.54, 1.807) is 0 Å². The van der Waals surface area contributed by atoms with E-state index in [1.165, 1.54) is 43.4 Å². The second-order valence-corrected chi connectivity index (χ2v) is 9.69. The zero-order valence-corrected chi connectivity index (χ0v) is 18.4. The third-order valence-corrected chi connectivity index (χ3v) is 6.99. The summed E-state index contributed by atoms with van der Waals surface area (Å²) in [5.41, 5.74) is 1.20. The lowest BCUT2D eigenvalue weighted by Gasteiger charge is -2.40. The Morgan fingerprint density at radius 2 is 2.13 bits per heavy atom. The quantitative estimate of drug-likeness (QED) is 0.478. The molecule has 1 aliphatic carbocycles. The van der Waals surface area contributed by atoms with Crippen molar-refractivity contribution in [1.82, 2.24) is 10.5 Å². The van der Waals surface area contributed by atoms with Gasteiger partial charge in [0, 0.05) is 17.0 Å². The van der Waals surface area contributed by atoms with Gasteiger partial charge < -0.3 is 5.32 Å². The molecule has 3 N–H and O–H groups in total. The van der Waals surface area contributed by atoms with Gasteiger partial charge in [-0.25, -0.2) is 23.2 Å². The number of benzene rings is 1. The number of hydroxylamine groups is 2. The van der Waals surface area contributed by atoms with Crippen molar-refractivity contribution >= 4 is 15.9 Å². The maximum Gasteiger partial charge on any atom is 0.303 e. The number of primary sulfonamides is 1. The molecule has 1 fully saturated rings. The molecule has 3 rings (SSSR count). The first-order valence-electron chi connectivity index (χ1n) is 10.3. The average molecular weight is 438 g/mol. The summed E-state index contributed by atoms with van der Waals surface area (Å²) in [7, 11) is -2.58. The molecule has 0 spiro atoms.